The van der Waals surface area contributed by atoms with E-state index in [9.17, 15) is 97.7 Å². The van der Waals surface area contributed by atoms with Gasteiger partial charge in [-0.2, -0.15) is 71.3 Å². The van der Waals surface area contributed by atoms with Crippen molar-refractivity contribution in [3.8, 4) is 0 Å². The number of amides is 1. The Morgan fingerprint density at radius 3 is 1.50 bits per heavy atom. The molecule has 6 heterocycles. The van der Waals surface area contributed by atoms with Crippen molar-refractivity contribution >= 4 is 137 Å². The predicted octanol–water partition coefficient (Wildman–Crippen LogP) is 18.8. The number of benzene rings is 6. The monoisotopic (exact) mass is 2100 g/mol. The van der Waals surface area contributed by atoms with Crippen molar-refractivity contribution in [3.05, 3.63) is 202 Å². The number of ether oxygens (including phenoxy) is 3. The number of hydrogen-bond donors (Lipinski definition) is 8. The number of fused-ring (bicyclic) bond motifs is 4. The third-order valence-corrected chi connectivity index (χ3v) is 23.3. The van der Waals surface area contributed by atoms with Crippen LogP contribution >= 0.6 is 91.3 Å². The van der Waals surface area contributed by atoms with Crippen LogP contribution < -0.4 is 33.7 Å². The highest BCUT2D eigenvalue weighted by molar-refractivity contribution is 9.18. The third-order valence-electron chi connectivity index (χ3n) is 20.8. The molecule has 21 nitrogen and oxygen atoms in total. The summed E-state index contributed by atoms with van der Waals surface area (Å²) < 4.78 is 290. The van der Waals surface area contributed by atoms with E-state index >= 15 is 0 Å². The lowest BCUT2D eigenvalue weighted by atomic mass is 9.83. The molecule has 6 aromatic carbocycles. The first-order chi connectivity index (χ1) is 57.2. The number of nitrogens with two attached hydrogens (primary N) is 4. The second-order valence-electron chi connectivity index (χ2n) is 29.3. The Morgan fingerprint density at radius 2 is 1.09 bits per heavy atom. The van der Waals surface area contributed by atoms with Crippen molar-refractivity contribution < 1.29 is 132 Å². The minimum absolute atomic E-state index is 0.0142. The lowest BCUT2D eigenvalue weighted by molar-refractivity contribution is -0.223. The second kappa shape index (κ2) is 37.6. The molecule has 7 unspecified atom stereocenters. The van der Waals surface area contributed by atoms with Crippen molar-refractivity contribution in [2.75, 3.05) is 18.2 Å². The van der Waals surface area contributed by atoms with Crippen molar-refractivity contribution in [2.24, 2.45) is 77.2 Å². The number of hydrogen-bond acceptors (Lipinski definition) is 20. The van der Waals surface area contributed by atoms with Gasteiger partial charge in [0.2, 0.25) is 0 Å². The molecule has 1 saturated heterocycles. The number of nitrogens with one attached hydrogen (secondary N) is 2. The average Bonchev–Trinajstić information content (AvgIpc) is 1.55. The summed E-state index contributed by atoms with van der Waals surface area (Å²) in [6.45, 7) is 5.30. The standard InChI is InChI=1S/C19H13BrF4N2O2.C12H9BrF4N2O.C11H8BrF4NO.C11H10BrF4NO.C11H11F4N3O.C5H8ClNO.C5H7NO.C2H4BrNO/c20-11-6-7-14(21)12(8-11)18(19(22,23)24)13-9-15(13)28-17(26-18)25-16(27)10-4-2-1-3-5-10;13-5-1-2-8(14)6(3-5)11(12(15,16)17)7-4-9(7)20-10(18)19-11;12-5-1-2-8(13)6(3-5)10(11(14,15)16)7-4-9(7)18-17-10;12-5-1-2-8(13)6(3-5)10(17,11(14,15)16)7-4-9(7)18;12-8-2-1-6(16)5-7(8)10(11(13,14)15)3-4-19-9(17)18-10;1-4-2-5(3-6)8-7-4;1-3-4-2-5(4)7-6-3;1-2(3)4-5/h1-8,13,15H,9H2,(H,25,26,27);1-3,7,9H,4H2,(H2,18,19);1-3,7,9,17H,4H2;1-3,7,9,18H,4,17H2;1-2,5H,3-4,16H2,(H2,17,18);5H,2-3H2,1H3;4-5H,2H2,1H3;5H,1H3/b;;;;;;;4-2+/t13-,15?,18+;7-,9?,11+;2*7-,9?,10+;10-;;;/m00000.../s1. The van der Waals surface area contributed by atoms with Gasteiger partial charge in [-0.15, -0.1) is 11.6 Å². The second-order valence-corrected chi connectivity index (χ2v) is 34.4. The van der Waals surface area contributed by atoms with E-state index in [0.29, 0.717) is 46.8 Å². The van der Waals surface area contributed by atoms with E-state index in [1.165, 1.54) is 54.6 Å². The Hall–Kier alpha value is -7.86. The predicted molar refractivity (Wildman–Crippen MR) is 425 cm³/mol. The van der Waals surface area contributed by atoms with Crippen molar-refractivity contribution in [1.29, 1.82) is 0 Å². The molecule has 17 rings (SSSR count). The lowest BCUT2D eigenvalue weighted by Gasteiger charge is -2.36. The Bertz CT molecular complexity index is 5060. The molecule has 16 atom stereocenters. The first kappa shape index (κ1) is 97.3. The number of hydroxylamine groups is 1. The molecule has 1 amide bonds. The first-order valence-corrected chi connectivity index (χ1v) is 40.8. The highest BCUT2D eigenvalue weighted by Crippen LogP contribution is 2.64. The number of anilines is 1. The van der Waals surface area contributed by atoms with E-state index in [-0.39, 0.29) is 43.2 Å². The molecule has 0 bridgehead atoms. The number of aliphatic hydroxyl groups is 1. The summed E-state index contributed by atoms with van der Waals surface area (Å²) in [5, 5.41) is 29.4. The van der Waals surface area contributed by atoms with Crippen LogP contribution in [-0.2, 0) is 56.4 Å². The number of aliphatic hydroxyl groups excluding tert-OH is 1. The first-order valence-electron chi connectivity index (χ1n) is 36.3. The van der Waals surface area contributed by atoms with Crippen LogP contribution in [0.5, 0.6) is 0 Å². The van der Waals surface area contributed by atoms with Gasteiger partial charge in [0.15, 0.2) is 22.2 Å². The van der Waals surface area contributed by atoms with Gasteiger partial charge in [-0.3, -0.25) is 14.9 Å². The molecule has 5 saturated carbocycles. The van der Waals surface area contributed by atoms with E-state index in [1.54, 1.807) is 25.1 Å². The SMILES string of the molecule is C/C(Br)=N\O.CC1=NOC(CCl)C1.CC1=NOC2CC12.Fc1ccc(Br)cc1[C@@]1(C(F)(F)F)NOC2C[C@@H]21.NC1=N[C@@](c2cc(Br)ccc2F)(C(F)(F)F)[C@H]2CC2O1.NC1=N[C@@](c2cc(N)ccc2F)(C(F)(F)F)CCO1.N[C@](c1cc(Br)ccc1F)([C@H]1CC1O)C(F)(F)F.O=C(NC1=N[C@@](c2cc(Br)ccc2F)(C(F)(F)F)[C@H]2CC2O1)c1ccccc1. The number of amidine groups is 3. The quantitative estimate of drug-likeness (QED) is 0.0175. The number of nitrogen functional groups attached to an aromatic ring is 1. The number of aliphatic imine (C=N–C) groups is 3. The minimum Gasteiger partial charge on any atom is -0.465 e. The van der Waals surface area contributed by atoms with Crippen LogP contribution in [0.15, 0.2) is 170 Å². The van der Waals surface area contributed by atoms with Gasteiger partial charge >= 0.3 is 30.9 Å². The average molecular weight is 2110 g/mol. The van der Waals surface area contributed by atoms with Crippen LogP contribution in [0, 0.1) is 58.7 Å². The highest BCUT2D eigenvalue weighted by Gasteiger charge is 2.75. The molecule has 123 heavy (non-hydrogen) atoms. The molecule has 6 fully saturated rings. The van der Waals surface area contributed by atoms with Crippen LogP contribution in [0.1, 0.15) is 104 Å². The van der Waals surface area contributed by atoms with E-state index < -0.39 is 194 Å². The van der Waals surface area contributed by atoms with Crippen LogP contribution in [0.25, 0.3) is 0 Å². The highest BCUT2D eigenvalue weighted by atomic mass is 79.9. The molecule has 0 radical (unpaired) electrons. The number of alkyl halides is 16. The van der Waals surface area contributed by atoms with Gasteiger partial charge < -0.3 is 57.1 Å². The minimum atomic E-state index is -4.89. The Morgan fingerprint density at radius 1 is 0.593 bits per heavy atom. The van der Waals surface area contributed by atoms with Crippen LogP contribution in [-0.4, -0.2) is 130 Å². The Balaban J connectivity index is 0.000000153. The molecule has 5 aliphatic carbocycles. The largest absolute Gasteiger partial charge is 0.465 e. The summed E-state index contributed by atoms with van der Waals surface area (Å²) in [5.41, 5.74) is 9.47. The van der Waals surface area contributed by atoms with Gasteiger partial charge in [-0.05, 0) is 172 Å². The number of oxime groups is 3. The summed E-state index contributed by atoms with van der Waals surface area (Å²) in [4.78, 5) is 37.5. The zero-order chi connectivity index (χ0) is 91.0. The third kappa shape index (κ3) is 21.2. The lowest BCUT2D eigenvalue weighted by Crippen LogP contribution is -2.53. The molecule has 6 aliphatic heterocycles. The fraction of sp³-hybridized carbons (Fsp3) is 0.434. The maximum absolute atomic E-state index is 14.5. The number of carbonyl (C=O) groups excluding carboxylic acids is 1. The molecule has 12 N–H and O–H groups in total. The molecule has 47 heteroatoms. The summed E-state index contributed by atoms with van der Waals surface area (Å²) in [7, 11) is 0. The smallest absolute Gasteiger partial charge is 0.418 e. The Kier molecular flexibility index (Phi) is 29.8. The van der Waals surface area contributed by atoms with Crippen molar-refractivity contribution in [3.63, 3.8) is 0 Å². The van der Waals surface area contributed by atoms with Gasteiger partial charge in [-0.25, -0.2) is 36.9 Å². The maximum atomic E-state index is 14.5. The summed E-state index contributed by atoms with van der Waals surface area (Å²) in [6.07, 6.45) is -24.4. The van der Waals surface area contributed by atoms with E-state index in [0.717, 1.165) is 72.8 Å². The van der Waals surface area contributed by atoms with Crippen LogP contribution in [0.2, 0.25) is 0 Å². The van der Waals surface area contributed by atoms with Crippen LogP contribution in [0.4, 0.5) is 93.5 Å². The van der Waals surface area contributed by atoms with Gasteiger partial charge in [0.25, 0.3) is 24.0 Å². The normalized spacial score (nSPS) is 28.6. The summed E-state index contributed by atoms with van der Waals surface area (Å²) >= 11 is 20.5. The fourth-order valence-corrected chi connectivity index (χ4v) is 15.8. The van der Waals surface area contributed by atoms with Gasteiger partial charge in [0, 0.05) is 99.4 Å². The van der Waals surface area contributed by atoms with Gasteiger partial charge in [0.05, 0.1) is 36.1 Å². The fourth-order valence-electron chi connectivity index (χ4n) is 14.2. The molecule has 11 aliphatic rings. The van der Waals surface area contributed by atoms with Crippen LogP contribution in [0.3, 0.4) is 0 Å². The number of nitrogens with zero attached hydrogens (tertiary/aromatic N) is 6. The Labute approximate surface area is 732 Å². The maximum Gasteiger partial charge on any atom is 0.418 e. The van der Waals surface area contributed by atoms with E-state index in [2.05, 4.69) is 115 Å². The topological polar surface area (TPSA) is 315 Å². The zero-order valence-electron chi connectivity index (χ0n) is 63.3. The van der Waals surface area contributed by atoms with E-state index in [1.807, 2.05) is 19.3 Å². The zero-order valence-corrected chi connectivity index (χ0v) is 72.0. The number of carbonyl (C=O) groups is 1. The molecule has 670 valence electrons. The number of halogens is 26. The van der Waals surface area contributed by atoms with E-state index in [4.69, 9.17) is 68.5 Å². The molecular weight excluding hydrogens is 2040 g/mol. The molecule has 6 aromatic rings. The van der Waals surface area contributed by atoms with Gasteiger partial charge in [0.1, 0.15) is 63.7 Å². The summed E-state index contributed by atoms with van der Waals surface area (Å²) in [5.74, 6) is -8.33. The molecule has 0 spiro atoms. The van der Waals surface area contributed by atoms with Gasteiger partial charge in [-0.1, -0.05) is 97.4 Å². The molecule has 0 aromatic heterocycles. The molecular formula is C76H70Br5ClF20N12O9. The number of rotatable bonds is 8. The van der Waals surface area contributed by atoms with Crippen molar-refractivity contribution in [2.45, 2.75) is 161 Å². The van der Waals surface area contributed by atoms with Crippen molar-refractivity contribution in [1.82, 2.24) is 10.8 Å². The summed E-state index contributed by atoms with van der Waals surface area (Å²) in [6, 6.07) is 22.7.